The summed E-state index contributed by atoms with van der Waals surface area (Å²) in [5.41, 5.74) is 1.47. The number of carbonyl (C=O) groups excluding carboxylic acids is 1. The van der Waals surface area contributed by atoms with Crippen LogP contribution in [-0.4, -0.2) is 40.4 Å². The van der Waals surface area contributed by atoms with Crippen molar-refractivity contribution in [2.45, 2.75) is 58.4 Å². The van der Waals surface area contributed by atoms with Gasteiger partial charge < -0.3 is 5.32 Å². The first-order chi connectivity index (χ1) is 10.7. The van der Waals surface area contributed by atoms with Crippen LogP contribution < -0.4 is 5.32 Å². The van der Waals surface area contributed by atoms with E-state index in [1.165, 1.54) is 6.92 Å². The van der Waals surface area contributed by atoms with E-state index in [1.54, 1.807) is 31.3 Å². The maximum Gasteiger partial charge on any atom is 0.217 e. The molecule has 1 aromatic rings. The smallest absolute Gasteiger partial charge is 0.217 e. The molecule has 0 aliphatic carbocycles. The monoisotopic (exact) mass is 340 g/mol. The first-order valence-electron chi connectivity index (χ1n) is 7.81. The lowest BCUT2D eigenvalue weighted by atomic mass is 10.1. The molecule has 0 spiro atoms. The average molecular weight is 340 g/mol. The molecule has 1 aliphatic rings. The summed E-state index contributed by atoms with van der Waals surface area (Å²) in [5, 5.41) is 2.27. The molecule has 1 amide bonds. The van der Waals surface area contributed by atoms with Gasteiger partial charge >= 0.3 is 0 Å². The Hall–Kier alpha value is -1.54. The summed E-state index contributed by atoms with van der Waals surface area (Å²) in [4.78, 5) is 19.8. The molecule has 0 bridgehead atoms. The van der Waals surface area contributed by atoms with Crippen molar-refractivity contribution in [3.63, 3.8) is 0 Å². The molecule has 23 heavy (non-hydrogen) atoms. The topological polar surface area (TPSA) is 92.3 Å². The number of hydrogen-bond donors (Lipinski definition) is 1. The Bertz CT molecular complexity index is 688. The van der Waals surface area contributed by atoms with Crippen LogP contribution in [0.4, 0.5) is 0 Å². The highest BCUT2D eigenvalue weighted by molar-refractivity contribution is 7.89. The zero-order valence-electron chi connectivity index (χ0n) is 14.0. The molecule has 1 N–H and O–H groups in total. The van der Waals surface area contributed by atoms with Crippen LogP contribution in [0.2, 0.25) is 0 Å². The van der Waals surface area contributed by atoms with Crippen molar-refractivity contribution in [3.8, 4) is 0 Å². The number of nitrogens with one attached hydrogen (secondary N) is 1. The number of aromatic nitrogens is 2. The molecular formula is C15H24N4O3S. The molecule has 1 atom stereocenters. The van der Waals surface area contributed by atoms with Crippen LogP contribution in [-0.2, 0) is 21.4 Å². The number of carbonyl (C=O) groups is 1. The lowest BCUT2D eigenvalue weighted by molar-refractivity contribution is -0.119. The quantitative estimate of drug-likeness (QED) is 0.872. The highest BCUT2D eigenvalue weighted by Crippen LogP contribution is 2.35. The highest BCUT2D eigenvalue weighted by atomic mass is 32.2. The molecule has 1 fully saturated rings. The van der Waals surface area contributed by atoms with Crippen LogP contribution in [0.25, 0.3) is 0 Å². The fraction of sp³-hybridized carbons (Fsp3) is 0.667. The number of amides is 1. The van der Waals surface area contributed by atoms with Gasteiger partial charge in [-0.3, -0.25) is 4.79 Å². The molecule has 1 saturated heterocycles. The van der Waals surface area contributed by atoms with Crippen LogP contribution in [0.15, 0.2) is 6.20 Å². The molecule has 0 unspecified atom stereocenters. The Morgan fingerprint density at radius 3 is 2.78 bits per heavy atom. The van der Waals surface area contributed by atoms with Crippen LogP contribution in [0.3, 0.4) is 0 Å². The molecule has 2 rings (SSSR count). The molecule has 2 heterocycles. The van der Waals surface area contributed by atoms with Crippen molar-refractivity contribution >= 4 is 15.9 Å². The normalized spacial score (nSPS) is 19.3. The zero-order valence-corrected chi connectivity index (χ0v) is 14.9. The van der Waals surface area contributed by atoms with Gasteiger partial charge in [-0.2, -0.15) is 4.31 Å². The second-order valence-corrected chi connectivity index (χ2v) is 8.54. The van der Waals surface area contributed by atoms with E-state index in [4.69, 9.17) is 0 Å². The summed E-state index contributed by atoms with van der Waals surface area (Å²) in [6.45, 7) is 7.41. The predicted octanol–water partition coefficient (Wildman–Crippen LogP) is 1.30. The van der Waals surface area contributed by atoms with Gasteiger partial charge in [-0.05, 0) is 33.6 Å². The molecule has 1 aliphatic heterocycles. The molecule has 128 valence electrons. The van der Waals surface area contributed by atoms with Crippen molar-refractivity contribution in [1.29, 1.82) is 0 Å². The number of sulfonamides is 1. The van der Waals surface area contributed by atoms with Gasteiger partial charge in [0.15, 0.2) is 0 Å². The average Bonchev–Trinajstić information content (AvgIpc) is 2.95. The maximum absolute atomic E-state index is 12.6. The Balaban J connectivity index is 2.39. The molecule has 8 heteroatoms. The van der Waals surface area contributed by atoms with Gasteiger partial charge in [0.1, 0.15) is 5.82 Å². The van der Waals surface area contributed by atoms with Crippen LogP contribution >= 0.6 is 0 Å². The van der Waals surface area contributed by atoms with Crippen molar-refractivity contribution in [2.24, 2.45) is 0 Å². The SMILES string of the molecule is CC(=O)NCc1cnc(C)nc1[C@@H]1CCCN1S(=O)(=O)C(C)C. The summed E-state index contributed by atoms with van der Waals surface area (Å²) in [7, 11) is -3.35. The Labute approximate surface area is 137 Å². The molecule has 1 aromatic heterocycles. The third-order valence-electron chi connectivity index (χ3n) is 3.99. The summed E-state index contributed by atoms with van der Waals surface area (Å²) in [6, 6.07) is -0.284. The predicted molar refractivity (Wildman–Crippen MR) is 87.0 cm³/mol. The number of rotatable bonds is 5. The van der Waals surface area contributed by atoms with Gasteiger partial charge in [-0.15, -0.1) is 0 Å². The van der Waals surface area contributed by atoms with Crippen molar-refractivity contribution in [1.82, 2.24) is 19.6 Å². The molecule has 0 radical (unpaired) electrons. The van der Waals surface area contributed by atoms with Gasteiger partial charge in [0.05, 0.1) is 17.0 Å². The molecular weight excluding hydrogens is 316 g/mol. The number of hydrogen-bond acceptors (Lipinski definition) is 5. The van der Waals surface area contributed by atoms with Crippen LogP contribution in [0.5, 0.6) is 0 Å². The van der Waals surface area contributed by atoms with Gasteiger partial charge in [-0.25, -0.2) is 18.4 Å². The minimum Gasteiger partial charge on any atom is -0.352 e. The van der Waals surface area contributed by atoms with E-state index in [2.05, 4.69) is 15.3 Å². The summed E-state index contributed by atoms with van der Waals surface area (Å²) in [6.07, 6.45) is 3.21. The lowest BCUT2D eigenvalue weighted by Crippen LogP contribution is -2.37. The van der Waals surface area contributed by atoms with Crippen LogP contribution in [0, 0.1) is 6.92 Å². The second-order valence-electron chi connectivity index (χ2n) is 6.10. The van der Waals surface area contributed by atoms with E-state index >= 15 is 0 Å². The first-order valence-corrected chi connectivity index (χ1v) is 9.31. The largest absolute Gasteiger partial charge is 0.352 e. The van der Waals surface area contributed by atoms with Gasteiger partial charge in [-0.1, -0.05) is 0 Å². The Morgan fingerprint density at radius 1 is 1.48 bits per heavy atom. The third-order valence-corrected chi connectivity index (χ3v) is 6.27. The molecule has 0 saturated carbocycles. The first kappa shape index (κ1) is 17.8. The lowest BCUT2D eigenvalue weighted by Gasteiger charge is -2.27. The fourth-order valence-electron chi connectivity index (χ4n) is 2.75. The Morgan fingerprint density at radius 2 is 2.17 bits per heavy atom. The van der Waals surface area contributed by atoms with Crippen molar-refractivity contribution < 1.29 is 13.2 Å². The van der Waals surface area contributed by atoms with Crippen molar-refractivity contribution in [2.75, 3.05) is 6.54 Å². The van der Waals surface area contributed by atoms with E-state index in [9.17, 15) is 13.2 Å². The summed E-state index contributed by atoms with van der Waals surface area (Å²) >= 11 is 0. The zero-order chi connectivity index (χ0) is 17.2. The van der Waals surface area contributed by atoms with E-state index in [0.29, 0.717) is 24.6 Å². The highest BCUT2D eigenvalue weighted by Gasteiger charge is 2.38. The standard InChI is InChI=1S/C15H24N4O3S/c1-10(2)23(21,22)19-7-5-6-14(19)15-13(9-17-12(4)20)8-16-11(3)18-15/h8,10,14H,5-7,9H2,1-4H3,(H,17,20)/t14-/m0/s1. The van der Waals surface area contributed by atoms with Crippen molar-refractivity contribution in [3.05, 3.63) is 23.3 Å². The molecule has 0 aromatic carbocycles. The van der Waals surface area contributed by atoms with Gasteiger partial charge in [0.25, 0.3) is 0 Å². The van der Waals surface area contributed by atoms with E-state index in [-0.39, 0.29) is 11.9 Å². The number of aryl methyl sites for hydroxylation is 1. The molecule has 7 nitrogen and oxygen atoms in total. The minimum absolute atomic E-state index is 0.144. The number of nitrogens with zero attached hydrogens (tertiary/aromatic N) is 3. The maximum atomic E-state index is 12.6. The van der Waals surface area contributed by atoms with E-state index < -0.39 is 15.3 Å². The van der Waals surface area contributed by atoms with Crippen LogP contribution in [0.1, 0.15) is 56.7 Å². The minimum atomic E-state index is -3.35. The van der Waals surface area contributed by atoms with Gasteiger partial charge in [0.2, 0.25) is 15.9 Å². The Kier molecular flexibility index (Phi) is 5.36. The van der Waals surface area contributed by atoms with E-state index in [0.717, 1.165) is 18.4 Å². The fourth-order valence-corrected chi connectivity index (χ4v) is 4.23. The third kappa shape index (κ3) is 3.87. The van der Waals surface area contributed by atoms with E-state index in [1.807, 2.05) is 0 Å². The second kappa shape index (κ2) is 6.92. The summed E-state index contributed by atoms with van der Waals surface area (Å²) < 4.78 is 26.7. The summed E-state index contributed by atoms with van der Waals surface area (Å²) in [5.74, 6) is 0.454. The van der Waals surface area contributed by atoms with Gasteiger partial charge in [0, 0.05) is 31.8 Å².